The molecule has 4 rings (SSSR count). The largest absolute Gasteiger partial charge is 0.493 e. The summed E-state index contributed by atoms with van der Waals surface area (Å²) in [7, 11) is 3.02. The highest BCUT2D eigenvalue weighted by Gasteiger charge is 2.24. The maximum atomic E-state index is 13.5. The van der Waals surface area contributed by atoms with E-state index in [-0.39, 0.29) is 16.9 Å². The molecular formula is C26H21Cl2NO6. The lowest BCUT2D eigenvalue weighted by molar-refractivity contribution is -0.122. The van der Waals surface area contributed by atoms with E-state index in [1.807, 2.05) is 0 Å². The highest BCUT2D eigenvalue weighted by Crippen LogP contribution is 2.37. The van der Waals surface area contributed by atoms with Gasteiger partial charge in [0.15, 0.2) is 23.4 Å². The summed E-state index contributed by atoms with van der Waals surface area (Å²) in [6.45, 7) is 1.52. The molecule has 0 bridgehead atoms. The van der Waals surface area contributed by atoms with E-state index in [1.54, 1.807) is 54.6 Å². The molecule has 1 atom stereocenters. The third-order valence-corrected chi connectivity index (χ3v) is 5.82. The van der Waals surface area contributed by atoms with E-state index >= 15 is 0 Å². The molecule has 0 radical (unpaired) electrons. The second-order valence-electron chi connectivity index (χ2n) is 7.53. The van der Waals surface area contributed by atoms with E-state index in [2.05, 4.69) is 5.32 Å². The highest BCUT2D eigenvalue weighted by atomic mass is 35.5. The number of nitrogens with one attached hydrogen (secondary N) is 1. The van der Waals surface area contributed by atoms with Crippen LogP contribution in [0.1, 0.15) is 6.92 Å². The Hall–Kier alpha value is -3.68. The first kappa shape index (κ1) is 24.4. The van der Waals surface area contributed by atoms with Gasteiger partial charge in [0.05, 0.1) is 30.3 Å². The number of hydrogen-bond acceptors (Lipinski definition) is 6. The maximum Gasteiger partial charge on any atom is 0.265 e. The Morgan fingerprint density at radius 2 is 1.71 bits per heavy atom. The van der Waals surface area contributed by atoms with E-state index in [9.17, 15) is 9.59 Å². The van der Waals surface area contributed by atoms with Crippen molar-refractivity contribution >= 4 is 45.8 Å². The number of rotatable bonds is 7. The van der Waals surface area contributed by atoms with E-state index in [0.29, 0.717) is 38.4 Å². The minimum Gasteiger partial charge on any atom is -0.493 e. The summed E-state index contributed by atoms with van der Waals surface area (Å²) in [5, 5.41) is 3.65. The summed E-state index contributed by atoms with van der Waals surface area (Å²) in [6, 6.07) is 16.5. The van der Waals surface area contributed by atoms with Gasteiger partial charge in [0.2, 0.25) is 11.2 Å². The Labute approximate surface area is 211 Å². The predicted octanol–water partition coefficient (Wildman–Crippen LogP) is 6.19. The lowest BCUT2D eigenvalue weighted by Gasteiger charge is -2.18. The second-order valence-corrected chi connectivity index (χ2v) is 8.37. The molecule has 0 aliphatic carbocycles. The molecule has 35 heavy (non-hydrogen) atoms. The fourth-order valence-electron chi connectivity index (χ4n) is 3.45. The zero-order chi connectivity index (χ0) is 25.1. The summed E-state index contributed by atoms with van der Waals surface area (Å²) < 4.78 is 22.7. The first-order valence-corrected chi connectivity index (χ1v) is 11.3. The van der Waals surface area contributed by atoms with Crippen molar-refractivity contribution in [1.82, 2.24) is 0 Å². The van der Waals surface area contributed by atoms with Crippen LogP contribution in [0, 0.1) is 0 Å². The van der Waals surface area contributed by atoms with Crippen molar-refractivity contribution in [3.05, 3.63) is 80.9 Å². The zero-order valence-corrected chi connectivity index (χ0v) is 20.6. The van der Waals surface area contributed by atoms with Crippen LogP contribution in [0.2, 0.25) is 10.0 Å². The molecular weight excluding hydrogens is 493 g/mol. The van der Waals surface area contributed by atoms with Crippen molar-refractivity contribution < 1.29 is 23.4 Å². The Morgan fingerprint density at radius 3 is 2.43 bits per heavy atom. The smallest absolute Gasteiger partial charge is 0.265 e. The molecule has 1 aromatic heterocycles. The fraction of sp³-hybridized carbons (Fsp3) is 0.154. The van der Waals surface area contributed by atoms with E-state index < -0.39 is 17.4 Å². The van der Waals surface area contributed by atoms with Gasteiger partial charge in [-0.2, -0.15) is 0 Å². The topological polar surface area (TPSA) is 87.0 Å². The molecule has 0 saturated heterocycles. The Kier molecular flexibility index (Phi) is 7.19. The first-order chi connectivity index (χ1) is 16.8. The molecule has 0 spiro atoms. The molecule has 0 saturated carbocycles. The molecule has 0 fully saturated rings. The SMILES string of the molecule is COc1ccc(-c2oc3ccc(Cl)cc3c(=O)c2OC(C)C(=O)Nc2ccccc2Cl)cc1OC. The minimum absolute atomic E-state index is 0.128. The quantitative estimate of drug-likeness (QED) is 0.317. The standard InChI is InChI=1S/C26H21Cl2NO6/c1-14(26(31)29-19-7-5-4-6-18(19)28)34-25-23(30)17-13-16(27)9-11-20(17)35-24(25)15-8-10-21(32-2)22(12-15)33-3/h4-14H,1-3H3,(H,29,31). The van der Waals surface area contributed by atoms with Crippen LogP contribution in [-0.2, 0) is 4.79 Å². The number of para-hydroxylation sites is 1. The maximum absolute atomic E-state index is 13.5. The summed E-state index contributed by atoms with van der Waals surface area (Å²) in [5.41, 5.74) is 0.748. The van der Waals surface area contributed by atoms with Crippen molar-refractivity contribution in [3.63, 3.8) is 0 Å². The van der Waals surface area contributed by atoms with Crippen LogP contribution in [0.3, 0.4) is 0 Å². The Balaban J connectivity index is 1.79. The van der Waals surface area contributed by atoms with Gasteiger partial charge in [-0.15, -0.1) is 0 Å². The van der Waals surface area contributed by atoms with E-state index in [1.165, 1.54) is 27.2 Å². The van der Waals surface area contributed by atoms with Crippen LogP contribution in [0.5, 0.6) is 17.2 Å². The number of ether oxygens (including phenoxy) is 3. The van der Waals surface area contributed by atoms with E-state index in [4.69, 9.17) is 41.8 Å². The molecule has 0 aliphatic heterocycles. The van der Waals surface area contributed by atoms with Crippen LogP contribution in [-0.4, -0.2) is 26.2 Å². The summed E-state index contributed by atoms with van der Waals surface area (Å²) in [5.74, 6) is 0.416. The number of carbonyl (C=O) groups excluding carboxylic acids is 1. The summed E-state index contributed by atoms with van der Waals surface area (Å²) >= 11 is 12.2. The Morgan fingerprint density at radius 1 is 0.971 bits per heavy atom. The van der Waals surface area contributed by atoms with Crippen LogP contribution >= 0.6 is 23.2 Å². The molecule has 1 heterocycles. The zero-order valence-electron chi connectivity index (χ0n) is 19.1. The van der Waals surface area contributed by atoms with Crippen LogP contribution in [0.4, 0.5) is 5.69 Å². The molecule has 7 nitrogen and oxygen atoms in total. The molecule has 180 valence electrons. The average Bonchev–Trinajstić information content (AvgIpc) is 2.86. The number of halogens is 2. The number of methoxy groups -OCH3 is 2. The number of benzene rings is 3. The fourth-order valence-corrected chi connectivity index (χ4v) is 3.81. The lowest BCUT2D eigenvalue weighted by atomic mass is 10.1. The number of carbonyl (C=O) groups is 1. The van der Waals surface area contributed by atoms with Gasteiger partial charge in [-0.3, -0.25) is 9.59 Å². The van der Waals surface area contributed by atoms with Crippen molar-refractivity contribution in [2.45, 2.75) is 13.0 Å². The third kappa shape index (κ3) is 5.06. The first-order valence-electron chi connectivity index (χ1n) is 10.5. The molecule has 9 heteroatoms. The Bertz CT molecular complexity index is 1470. The van der Waals surface area contributed by atoms with Crippen molar-refractivity contribution in [3.8, 4) is 28.6 Å². The molecule has 4 aromatic rings. The lowest BCUT2D eigenvalue weighted by Crippen LogP contribution is -2.32. The third-order valence-electron chi connectivity index (χ3n) is 5.25. The predicted molar refractivity (Wildman–Crippen MR) is 136 cm³/mol. The van der Waals surface area contributed by atoms with Gasteiger partial charge >= 0.3 is 0 Å². The number of anilines is 1. The average molecular weight is 514 g/mol. The van der Waals surface area contributed by atoms with Gasteiger partial charge in [0, 0.05) is 10.6 Å². The highest BCUT2D eigenvalue weighted by molar-refractivity contribution is 6.33. The van der Waals surface area contributed by atoms with Crippen LogP contribution < -0.4 is 25.0 Å². The second kappa shape index (κ2) is 10.3. The van der Waals surface area contributed by atoms with E-state index in [0.717, 1.165) is 0 Å². The van der Waals surface area contributed by atoms with Gasteiger partial charge in [0.25, 0.3) is 5.91 Å². The molecule has 1 N–H and O–H groups in total. The van der Waals surface area contributed by atoms with Gasteiger partial charge in [0.1, 0.15) is 5.58 Å². The monoisotopic (exact) mass is 513 g/mol. The molecule has 0 aliphatic rings. The summed E-state index contributed by atoms with van der Waals surface area (Å²) in [6.07, 6.45) is -1.07. The van der Waals surface area contributed by atoms with Crippen molar-refractivity contribution in [2.24, 2.45) is 0 Å². The molecule has 1 amide bonds. The van der Waals surface area contributed by atoms with Gasteiger partial charge in [-0.05, 0) is 55.5 Å². The van der Waals surface area contributed by atoms with Gasteiger partial charge in [-0.25, -0.2) is 0 Å². The van der Waals surface area contributed by atoms with Gasteiger partial charge < -0.3 is 23.9 Å². The van der Waals surface area contributed by atoms with Crippen molar-refractivity contribution in [2.75, 3.05) is 19.5 Å². The number of amides is 1. The molecule has 3 aromatic carbocycles. The molecule has 1 unspecified atom stereocenters. The van der Waals surface area contributed by atoms with Crippen LogP contribution in [0.25, 0.3) is 22.3 Å². The van der Waals surface area contributed by atoms with Crippen molar-refractivity contribution in [1.29, 1.82) is 0 Å². The number of hydrogen-bond donors (Lipinski definition) is 1. The minimum atomic E-state index is -1.07. The normalized spacial score (nSPS) is 11.7. The number of fused-ring (bicyclic) bond motifs is 1. The summed E-state index contributed by atoms with van der Waals surface area (Å²) in [4.78, 5) is 26.3. The van der Waals surface area contributed by atoms with Gasteiger partial charge in [-0.1, -0.05) is 35.3 Å². The van der Waals surface area contributed by atoms with Crippen LogP contribution in [0.15, 0.2) is 69.9 Å².